The molecule has 0 fully saturated rings. The van der Waals surface area contributed by atoms with Crippen molar-refractivity contribution < 1.29 is 4.92 Å². The van der Waals surface area contributed by atoms with Crippen molar-refractivity contribution >= 4 is 0 Å². The summed E-state index contributed by atoms with van der Waals surface area (Å²) in [5.41, 5.74) is 0.994. The Balaban J connectivity index is 2.42. The second-order valence-corrected chi connectivity index (χ2v) is 4.19. The lowest BCUT2D eigenvalue weighted by Gasteiger charge is -2.10. The summed E-state index contributed by atoms with van der Waals surface area (Å²) in [6.07, 6.45) is 7.39. The van der Waals surface area contributed by atoms with Crippen molar-refractivity contribution in [3.8, 4) is 0 Å². The van der Waals surface area contributed by atoms with Crippen LogP contribution in [0.3, 0.4) is 0 Å². The van der Waals surface area contributed by atoms with Gasteiger partial charge in [-0.2, -0.15) is 0 Å². The fraction of sp³-hybridized carbons (Fsp3) is 0.667. The van der Waals surface area contributed by atoms with Crippen molar-refractivity contribution in [1.29, 1.82) is 0 Å². The maximum atomic E-state index is 10.6. The zero-order valence-corrected chi connectivity index (χ0v) is 9.82. The number of aromatic amines is 1. The monoisotopic (exact) mass is 224 g/mol. The third kappa shape index (κ3) is 4.47. The standard InChI is InChI=1S/C12H20N2O2/c1-2-3-4-5-7-11(10-14(15)16)12-8-6-9-13-12/h6,8-9,11,13H,2-5,7,10H2,1H3/t11-/m0/s1. The fourth-order valence-corrected chi connectivity index (χ4v) is 1.94. The zero-order valence-electron chi connectivity index (χ0n) is 9.82. The van der Waals surface area contributed by atoms with Gasteiger partial charge in [-0.05, 0) is 18.6 Å². The molecule has 0 unspecified atom stereocenters. The second-order valence-electron chi connectivity index (χ2n) is 4.19. The van der Waals surface area contributed by atoms with Crippen LogP contribution in [-0.2, 0) is 0 Å². The van der Waals surface area contributed by atoms with Gasteiger partial charge in [0.25, 0.3) is 0 Å². The number of aromatic nitrogens is 1. The molecule has 0 aliphatic carbocycles. The minimum absolute atomic E-state index is 0.0344. The number of unbranched alkanes of at least 4 members (excludes halogenated alkanes) is 3. The van der Waals surface area contributed by atoms with Crippen LogP contribution in [-0.4, -0.2) is 16.5 Å². The zero-order chi connectivity index (χ0) is 11.8. The Labute approximate surface area is 96.2 Å². The van der Waals surface area contributed by atoms with Crippen LogP contribution < -0.4 is 0 Å². The molecule has 0 spiro atoms. The molecule has 0 amide bonds. The van der Waals surface area contributed by atoms with Gasteiger partial charge in [0.15, 0.2) is 0 Å². The van der Waals surface area contributed by atoms with Crippen LogP contribution in [0.5, 0.6) is 0 Å². The predicted molar refractivity (Wildman–Crippen MR) is 64.2 cm³/mol. The van der Waals surface area contributed by atoms with Crippen LogP contribution in [0, 0.1) is 10.1 Å². The molecule has 16 heavy (non-hydrogen) atoms. The molecule has 1 N–H and O–H groups in total. The number of nitro groups is 1. The topological polar surface area (TPSA) is 58.9 Å². The van der Waals surface area contributed by atoms with E-state index in [0.717, 1.165) is 18.5 Å². The molecule has 0 saturated carbocycles. The van der Waals surface area contributed by atoms with E-state index >= 15 is 0 Å². The second kappa shape index (κ2) is 7.04. The van der Waals surface area contributed by atoms with Gasteiger partial charge in [-0.1, -0.05) is 32.6 Å². The molecule has 1 heterocycles. The Hall–Kier alpha value is -1.32. The third-order valence-electron chi connectivity index (χ3n) is 2.84. The first-order valence-corrected chi connectivity index (χ1v) is 5.99. The Bertz CT molecular complexity index is 296. The lowest BCUT2D eigenvalue weighted by atomic mass is 9.98. The number of hydrogen-bond donors (Lipinski definition) is 1. The highest BCUT2D eigenvalue weighted by atomic mass is 16.6. The van der Waals surface area contributed by atoms with E-state index in [0.29, 0.717) is 0 Å². The van der Waals surface area contributed by atoms with Gasteiger partial charge >= 0.3 is 0 Å². The summed E-state index contributed by atoms with van der Waals surface area (Å²) >= 11 is 0. The molecule has 90 valence electrons. The van der Waals surface area contributed by atoms with Crippen LogP contribution in [0.2, 0.25) is 0 Å². The molecular weight excluding hydrogens is 204 g/mol. The highest BCUT2D eigenvalue weighted by Crippen LogP contribution is 2.21. The molecule has 4 heteroatoms. The van der Waals surface area contributed by atoms with E-state index in [-0.39, 0.29) is 17.4 Å². The average Bonchev–Trinajstić information content (AvgIpc) is 2.75. The van der Waals surface area contributed by atoms with Crippen LogP contribution in [0.4, 0.5) is 0 Å². The molecule has 0 aromatic carbocycles. The van der Waals surface area contributed by atoms with Crippen LogP contribution in [0.25, 0.3) is 0 Å². The first-order chi connectivity index (χ1) is 7.74. The van der Waals surface area contributed by atoms with Crippen molar-refractivity contribution in [1.82, 2.24) is 4.98 Å². The molecule has 0 aliphatic heterocycles. The van der Waals surface area contributed by atoms with Crippen molar-refractivity contribution in [2.45, 2.75) is 44.9 Å². The van der Waals surface area contributed by atoms with E-state index in [9.17, 15) is 10.1 Å². The minimum Gasteiger partial charge on any atom is -0.365 e. The quantitative estimate of drug-likeness (QED) is 0.418. The number of nitrogens with one attached hydrogen (secondary N) is 1. The summed E-state index contributed by atoms with van der Waals surface area (Å²) in [6, 6.07) is 3.84. The molecule has 0 saturated heterocycles. The van der Waals surface area contributed by atoms with Gasteiger partial charge in [-0.3, -0.25) is 10.1 Å². The average molecular weight is 224 g/mol. The lowest BCUT2D eigenvalue weighted by Crippen LogP contribution is -2.13. The van der Waals surface area contributed by atoms with E-state index < -0.39 is 0 Å². The van der Waals surface area contributed by atoms with Gasteiger partial charge in [0.2, 0.25) is 6.54 Å². The van der Waals surface area contributed by atoms with E-state index in [1.807, 2.05) is 18.3 Å². The predicted octanol–water partition coefficient (Wildman–Crippen LogP) is 3.35. The summed E-state index contributed by atoms with van der Waals surface area (Å²) in [7, 11) is 0. The van der Waals surface area contributed by atoms with Gasteiger partial charge in [0, 0.05) is 16.8 Å². The van der Waals surface area contributed by atoms with E-state index in [2.05, 4.69) is 11.9 Å². The van der Waals surface area contributed by atoms with E-state index in [4.69, 9.17) is 0 Å². The van der Waals surface area contributed by atoms with E-state index in [1.165, 1.54) is 19.3 Å². The van der Waals surface area contributed by atoms with Crippen LogP contribution in [0.1, 0.15) is 50.6 Å². The van der Waals surface area contributed by atoms with Gasteiger partial charge in [0.05, 0.1) is 5.92 Å². The molecule has 0 radical (unpaired) electrons. The highest BCUT2D eigenvalue weighted by Gasteiger charge is 2.17. The van der Waals surface area contributed by atoms with E-state index in [1.54, 1.807) is 0 Å². The Kier molecular flexibility index (Phi) is 5.61. The lowest BCUT2D eigenvalue weighted by molar-refractivity contribution is -0.483. The molecule has 1 rings (SSSR count). The van der Waals surface area contributed by atoms with Crippen molar-refractivity contribution in [2.75, 3.05) is 6.54 Å². The first-order valence-electron chi connectivity index (χ1n) is 5.99. The Morgan fingerprint density at radius 1 is 1.44 bits per heavy atom. The van der Waals surface area contributed by atoms with Gasteiger partial charge in [-0.15, -0.1) is 0 Å². The number of rotatable bonds is 8. The summed E-state index contributed by atoms with van der Waals surface area (Å²) in [6.45, 7) is 2.20. The summed E-state index contributed by atoms with van der Waals surface area (Å²) < 4.78 is 0. The smallest absolute Gasteiger partial charge is 0.212 e. The number of hydrogen-bond acceptors (Lipinski definition) is 2. The molecule has 4 nitrogen and oxygen atoms in total. The molecular formula is C12H20N2O2. The molecule has 1 aromatic rings. The Morgan fingerprint density at radius 2 is 2.25 bits per heavy atom. The highest BCUT2D eigenvalue weighted by molar-refractivity contribution is 5.09. The molecule has 0 aliphatic rings. The maximum absolute atomic E-state index is 10.6. The van der Waals surface area contributed by atoms with Gasteiger partial charge in [-0.25, -0.2) is 0 Å². The van der Waals surface area contributed by atoms with Crippen LogP contribution >= 0.6 is 0 Å². The summed E-state index contributed by atoms with van der Waals surface area (Å²) in [5, 5.41) is 10.6. The van der Waals surface area contributed by atoms with Crippen LogP contribution in [0.15, 0.2) is 18.3 Å². The summed E-state index contributed by atoms with van der Waals surface area (Å²) in [4.78, 5) is 13.4. The fourth-order valence-electron chi connectivity index (χ4n) is 1.94. The largest absolute Gasteiger partial charge is 0.365 e. The molecule has 0 bridgehead atoms. The van der Waals surface area contributed by atoms with Crippen molar-refractivity contribution in [3.05, 3.63) is 34.1 Å². The SMILES string of the molecule is CCCCCC[C@@H](C[N+](=O)[O-])c1ccc[nH]1. The van der Waals surface area contributed by atoms with Crippen molar-refractivity contribution in [2.24, 2.45) is 0 Å². The minimum atomic E-state index is -0.217. The molecule has 1 atom stereocenters. The number of H-pyrrole nitrogens is 1. The third-order valence-corrected chi connectivity index (χ3v) is 2.84. The number of nitrogens with zero attached hydrogens (tertiary/aromatic N) is 1. The van der Waals surface area contributed by atoms with Crippen molar-refractivity contribution in [3.63, 3.8) is 0 Å². The molecule has 1 aromatic heterocycles. The Morgan fingerprint density at radius 3 is 2.81 bits per heavy atom. The van der Waals surface area contributed by atoms with Gasteiger partial charge < -0.3 is 4.98 Å². The maximum Gasteiger partial charge on any atom is 0.212 e. The normalized spacial score (nSPS) is 12.6. The summed E-state index contributed by atoms with van der Waals surface area (Å²) in [5.74, 6) is 0.0434. The van der Waals surface area contributed by atoms with Gasteiger partial charge in [0.1, 0.15) is 0 Å². The first kappa shape index (κ1) is 12.7.